The molecule has 0 unspecified atom stereocenters. The van der Waals surface area contributed by atoms with Gasteiger partial charge < -0.3 is 4.98 Å². The third-order valence-electron chi connectivity index (χ3n) is 11.5. The smallest absolute Gasteiger partial charge is 0.0465 e. The molecule has 0 aliphatic rings. The molecule has 0 aliphatic carbocycles. The molecular formula is C50H49NS2. The molecule has 3 aromatic heterocycles. The first-order chi connectivity index (χ1) is 26.0. The average molecular weight is 728 g/mol. The molecule has 1 nitrogen and oxygen atoms in total. The van der Waals surface area contributed by atoms with Gasteiger partial charge in [-0.05, 0) is 162 Å². The van der Waals surface area contributed by atoms with E-state index in [9.17, 15) is 0 Å². The summed E-state index contributed by atoms with van der Waals surface area (Å²) >= 11 is 3.92. The average Bonchev–Trinajstić information content (AvgIpc) is 3.88. The van der Waals surface area contributed by atoms with E-state index in [1.807, 2.05) is 22.7 Å². The van der Waals surface area contributed by atoms with Crippen molar-refractivity contribution < 1.29 is 0 Å². The normalized spacial score (nSPS) is 12.2. The van der Waals surface area contributed by atoms with Crippen LogP contribution in [-0.4, -0.2) is 4.98 Å². The first-order valence-corrected chi connectivity index (χ1v) is 21.7. The number of aromatic nitrogens is 1. The van der Waals surface area contributed by atoms with Gasteiger partial charge in [-0.15, -0.1) is 22.7 Å². The Morgan fingerprint density at radius 2 is 0.868 bits per heavy atom. The minimum Gasteiger partial charge on any atom is -0.355 e. The third kappa shape index (κ3) is 6.26. The fourth-order valence-corrected chi connectivity index (χ4v) is 10.8. The number of rotatable bonds is 12. The molecule has 0 saturated heterocycles. The lowest BCUT2D eigenvalue weighted by Gasteiger charge is -2.10. The van der Waals surface area contributed by atoms with Crippen molar-refractivity contribution in [1.29, 1.82) is 0 Å². The number of benzene rings is 6. The summed E-state index contributed by atoms with van der Waals surface area (Å²) in [4.78, 5) is 3.77. The molecule has 0 atom stereocenters. The van der Waals surface area contributed by atoms with Gasteiger partial charge in [0.1, 0.15) is 0 Å². The van der Waals surface area contributed by atoms with Crippen LogP contribution in [-0.2, 0) is 25.7 Å². The molecular weight excluding hydrogens is 679 g/mol. The summed E-state index contributed by atoms with van der Waals surface area (Å²) in [6.45, 7) is 9.15. The highest BCUT2D eigenvalue weighted by Gasteiger charge is 2.17. The highest BCUT2D eigenvalue weighted by molar-refractivity contribution is 7.26. The summed E-state index contributed by atoms with van der Waals surface area (Å²) in [6.07, 6.45) is 11.8. The van der Waals surface area contributed by atoms with Gasteiger partial charge in [-0.25, -0.2) is 0 Å². The largest absolute Gasteiger partial charge is 0.355 e. The number of aryl methyl sites for hydroxylation is 4. The zero-order valence-corrected chi connectivity index (χ0v) is 33.3. The van der Waals surface area contributed by atoms with E-state index in [0.717, 1.165) is 25.7 Å². The van der Waals surface area contributed by atoms with Gasteiger partial charge >= 0.3 is 0 Å². The maximum atomic E-state index is 3.77. The Bertz CT molecular complexity index is 2790. The maximum Gasteiger partial charge on any atom is 0.0465 e. The van der Waals surface area contributed by atoms with Crippen LogP contribution < -0.4 is 0 Å². The molecule has 0 bridgehead atoms. The van der Waals surface area contributed by atoms with E-state index in [4.69, 9.17) is 0 Å². The molecule has 9 aromatic rings. The molecule has 266 valence electrons. The van der Waals surface area contributed by atoms with Crippen LogP contribution in [0.4, 0.5) is 0 Å². The minimum absolute atomic E-state index is 1.03. The molecule has 0 radical (unpaired) electrons. The predicted octanol–water partition coefficient (Wildman–Crippen LogP) is 16.0. The molecule has 3 heteroatoms. The lowest BCUT2D eigenvalue weighted by Crippen LogP contribution is -1.88. The van der Waals surface area contributed by atoms with E-state index < -0.39 is 0 Å². The first kappa shape index (κ1) is 34.3. The molecule has 0 fully saturated rings. The van der Waals surface area contributed by atoms with Gasteiger partial charge in [-0.2, -0.15) is 0 Å². The Morgan fingerprint density at radius 3 is 1.36 bits per heavy atom. The van der Waals surface area contributed by atoms with Crippen molar-refractivity contribution >= 4 is 84.8 Å². The van der Waals surface area contributed by atoms with Crippen molar-refractivity contribution in [3.8, 4) is 22.3 Å². The Balaban J connectivity index is 1.20. The molecule has 0 amide bonds. The van der Waals surface area contributed by atoms with Gasteiger partial charge in [0.15, 0.2) is 0 Å². The van der Waals surface area contributed by atoms with Gasteiger partial charge in [0.2, 0.25) is 0 Å². The van der Waals surface area contributed by atoms with Crippen molar-refractivity contribution in [2.45, 2.75) is 91.9 Å². The Hall–Kier alpha value is -4.44. The number of thiophene rings is 2. The molecule has 9 rings (SSSR count). The summed E-state index contributed by atoms with van der Waals surface area (Å²) in [5.74, 6) is 0. The first-order valence-electron chi connectivity index (χ1n) is 20.1. The molecule has 0 aliphatic heterocycles. The van der Waals surface area contributed by atoms with Crippen LogP contribution in [0.2, 0.25) is 0 Å². The van der Waals surface area contributed by atoms with Crippen LogP contribution in [0.25, 0.3) is 84.4 Å². The number of hydrogen-bond donors (Lipinski definition) is 1. The van der Waals surface area contributed by atoms with Crippen LogP contribution in [0.15, 0.2) is 97.1 Å². The molecule has 3 heterocycles. The monoisotopic (exact) mass is 727 g/mol. The lowest BCUT2D eigenvalue weighted by molar-refractivity contribution is 0.795. The van der Waals surface area contributed by atoms with Gasteiger partial charge in [-0.1, -0.05) is 71.2 Å². The molecule has 0 spiro atoms. The van der Waals surface area contributed by atoms with Gasteiger partial charge in [0.05, 0.1) is 0 Å². The topological polar surface area (TPSA) is 15.8 Å². The highest BCUT2D eigenvalue weighted by Crippen LogP contribution is 2.45. The van der Waals surface area contributed by atoms with E-state index in [0.29, 0.717) is 0 Å². The van der Waals surface area contributed by atoms with Crippen LogP contribution >= 0.6 is 22.7 Å². The number of fused-ring (bicyclic) bond motifs is 9. The SMILES string of the molecule is CCCCc1ccc2sc3c(-c4ccc5[nH]c6ccc(-c7cc(CCCC)cc8c7sc7ccc(CCCC)cc78)cc6c5c4)cc(CC)cc3c2c1. The standard InChI is InChI=1S/C50H49NS2/c1-5-9-12-32-15-21-47-41(25-32)43-24-31(8-4)23-37(49(43)52-47)35-17-19-45-39(29-35)40-30-36(18-20-46(40)51-45)38-27-34(14-11-7-3)28-44-42-26-33(13-10-6-2)16-22-48(42)53-50(38)44/h15-30,51H,5-14H2,1-4H3. The Kier molecular flexibility index (Phi) is 9.34. The summed E-state index contributed by atoms with van der Waals surface area (Å²) in [5.41, 5.74) is 13.5. The van der Waals surface area contributed by atoms with E-state index >= 15 is 0 Å². The summed E-state index contributed by atoms with van der Waals surface area (Å²) in [5, 5.41) is 8.27. The third-order valence-corrected chi connectivity index (χ3v) is 13.9. The molecule has 6 aromatic carbocycles. The zero-order valence-electron chi connectivity index (χ0n) is 31.6. The number of hydrogen-bond acceptors (Lipinski definition) is 2. The van der Waals surface area contributed by atoms with Crippen molar-refractivity contribution in [2.24, 2.45) is 0 Å². The van der Waals surface area contributed by atoms with Crippen molar-refractivity contribution in [3.05, 3.63) is 119 Å². The second-order valence-electron chi connectivity index (χ2n) is 15.2. The summed E-state index contributed by atoms with van der Waals surface area (Å²) < 4.78 is 5.59. The molecule has 53 heavy (non-hydrogen) atoms. The second kappa shape index (κ2) is 14.4. The van der Waals surface area contributed by atoms with Crippen molar-refractivity contribution in [3.63, 3.8) is 0 Å². The van der Waals surface area contributed by atoms with Gasteiger partial charge in [0, 0.05) is 62.2 Å². The predicted molar refractivity (Wildman–Crippen MR) is 238 cm³/mol. The van der Waals surface area contributed by atoms with Crippen molar-refractivity contribution in [2.75, 3.05) is 0 Å². The second-order valence-corrected chi connectivity index (χ2v) is 17.3. The minimum atomic E-state index is 1.03. The number of H-pyrrole nitrogens is 1. The fourth-order valence-electron chi connectivity index (χ4n) is 8.43. The van der Waals surface area contributed by atoms with Crippen LogP contribution in [0.5, 0.6) is 0 Å². The van der Waals surface area contributed by atoms with Crippen LogP contribution in [0.3, 0.4) is 0 Å². The maximum absolute atomic E-state index is 3.77. The fraction of sp³-hybridized carbons (Fsp3) is 0.280. The van der Waals surface area contributed by atoms with Crippen LogP contribution in [0, 0.1) is 0 Å². The summed E-state index contributed by atoms with van der Waals surface area (Å²) in [7, 11) is 0. The van der Waals surface area contributed by atoms with Crippen LogP contribution in [0.1, 0.15) is 88.5 Å². The highest BCUT2D eigenvalue weighted by atomic mass is 32.1. The zero-order chi connectivity index (χ0) is 36.1. The van der Waals surface area contributed by atoms with E-state index in [1.54, 1.807) is 0 Å². The molecule has 0 saturated carbocycles. The number of unbranched alkanes of at least 4 members (excludes halogenated alkanes) is 3. The Labute approximate surface area is 321 Å². The van der Waals surface area contributed by atoms with Gasteiger partial charge in [0.25, 0.3) is 0 Å². The quantitative estimate of drug-likeness (QED) is 0.129. The van der Waals surface area contributed by atoms with E-state index in [1.165, 1.54) is 145 Å². The van der Waals surface area contributed by atoms with E-state index in [-0.39, 0.29) is 0 Å². The number of nitrogens with one attached hydrogen (secondary N) is 1. The number of aromatic amines is 1. The van der Waals surface area contributed by atoms with Gasteiger partial charge in [-0.3, -0.25) is 0 Å². The van der Waals surface area contributed by atoms with Crippen molar-refractivity contribution in [1.82, 2.24) is 4.98 Å². The van der Waals surface area contributed by atoms with E-state index in [2.05, 4.69) is 130 Å². The lowest BCUT2D eigenvalue weighted by atomic mass is 9.95. The Morgan fingerprint density at radius 1 is 0.415 bits per heavy atom. The summed E-state index contributed by atoms with van der Waals surface area (Å²) in [6, 6.07) is 38.5. The molecule has 1 N–H and O–H groups in total.